The number of benzene rings is 1. The molecule has 30 heavy (non-hydrogen) atoms. The van der Waals surface area contributed by atoms with E-state index in [0.717, 1.165) is 23.1 Å². The summed E-state index contributed by atoms with van der Waals surface area (Å²) in [6.45, 7) is 5.63. The van der Waals surface area contributed by atoms with Crippen molar-refractivity contribution in [3.05, 3.63) is 34.4 Å². The van der Waals surface area contributed by atoms with Crippen LogP contribution in [0.25, 0.3) is 0 Å². The number of carbonyl (C=O) groups is 2. The summed E-state index contributed by atoms with van der Waals surface area (Å²) in [5.41, 5.74) is 8.22. The number of aryl methyl sites for hydroxylation is 2. The van der Waals surface area contributed by atoms with Gasteiger partial charge in [-0.25, -0.2) is 0 Å². The summed E-state index contributed by atoms with van der Waals surface area (Å²) in [6.07, 6.45) is 8.32. The highest BCUT2D eigenvalue weighted by atomic mass is 16.2. The quantitative estimate of drug-likeness (QED) is 0.720. The monoisotopic (exact) mass is 410 g/mol. The lowest BCUT2D eigenvalue weighted by atomic mass is 9.86. The van der Waals surface area contributed by atoms with Gasteiger partial charge in [0.25, 0.3) is 0 Å². The number of nitriles is 1. The Bertz CT molecular complexity index is 838. The fraction of sp³-hybridized carbons (Fsp3) is 0.625. The molecule has 1 saturated heterocycles. The van der Waals surface area contributed by atoms with Crippen LogP contribution in [0, 0.1) is 31.1 Å². The van der Waals surface area contributed by atoms with Gasteiger partial charge in [0.2, 0.25) is 11.8 Å². The smallest absolute Gasteiger partial charge is 0.249 e. The summed E-state index contributed by atoms with van der Waals surface area (Å²) in [6, 6.07) is 6.23. The van der Waals surface area contributed by atoms with Crippen LogP contribution >= 0.6 is 0 Å². The van der Waals surface area contributed by atoms with E-state index in [1.165, 1.54) is 32.1 Å². The average Bonchev–Trinajstić information content (AvgIpc) is 3.12. The van der Waals surface area contributed by atoms with E-state index in [4.69, 9.17) is 5.73 Å². The Morgan fingerprint density at radius 3 is 2.67 bits per heavy atom. The molecule has 3 rings (SSSR count). The SMILES string of the molecule is Cc1cc(C)c(CN2CCC(C#N)(NC(=O)CCC3CCCCC3)C2)c(C(N)=O)c1. The van der Waals surface area contributed by atoms with Gasteiger partial charge in [0, 0.05) is 31.6 Å². The molecule has 1 aliphatic carbocycles. The van der Waals surface area contributed by atoms with E-state index in [9.17, 15) is 14.9 Å². The van der Waals surface area contributed by atoms with Gasteiger partial charge in [-0.05, 0) is 49.8 Å². The summed E-state index contributed by atoms with van der Waals surface area (Å²) in [5, 5.41) is 12.9. The van der Waals surface area contributed by atoms with Crippen molar-refractivity contribution in [2.75, 3.05) is 13.1 Å². The molecule has 6 nitrogen and oxygen atoms in total. The lowest BCUT2D eigenvalue weighted by Gasteiger charge is -2.25. The topological polar surface area (TPSA) is 99.2 Å². The van der Waals surface area contributed by atoms with E-state index in [-0.39, 0.29) is 5.91 Å². The summed E-state index contributed by atoms with van der Waals surface area (Å²) >= 11 is 0. The van der Waals surface area contributed by atoms with Crippen molar-refractivity contribution in [2.45, 2.75) is 77.3 Å². The van der Waals surface area contributed by atoms with Crippen molar-refractivity contribution in [1.29, 1.82) is 5.26 Å². The third-order valence-corrected chi connectivity index (χ3v) is 6.71. The van der Waals surface area contributed by atoms with Gasteiger partial charge in [0.05, 0.1) is 6.07 Å². The van der Waals surface area contributed by atoms with Gasteiger partial charge in [-0.15, -0.1) is 0 Å². The minimum absolute atomic E-state index is 0.0201. The van der Waals surface area contributed by atoms with Crippen LogP contribution in [0.3, 0.4) is 0 Å². The molecule has 3 N–H and O–H groups in total. The number of rotatable bonds is 7. The first-order chi connectivity index (χ1) is 14.3. The minimum Gasteiger partial charge on any atom is -0.366 e. The molecular weight excluding hydrogens is 376 g/mol. The van der Waals surface area contributed by atoms with Gasteiger partial charge in [0.1, 0.15) is 5.54 Å². The van der Waals surface area contributed by atoms with Crippen LogP contribution in [0.15, 0.2) is 12.1 Å². The van der Waals surface area contributed by atoms with Crippen molar-refractivity contribution in [3.63, 3.8) is 0 Å². The third-order valence-electron chi connectivity index (χ3n) is 6.71. The maximum Gasteiger partial charge on any atom is 0.249 e. The summed E-state index contributed by atoms with van der Waals surface area (Å²) in [7, 11) is 0. The largest absolute Gasteiger partial charge is 0.366 e. The Kier molecular flexibility index (Phi) is 7.14. The number of nitrogens with two attached hydrogens (primary N) is 1. The van der Waals surface area contributed by atoms with Gasteiger partial charge in [-0.3, -0.25) is 14.5 Å². The molecule has 0 bridgehead atoms. The second-order valence-corrected chi connectivity index (χ2v) is 9.22. The Morgan fingerprint density at radius 1 is 1.27 bits per heavy atom. The highest BCUT2D eigenvalue weighted by Crippen LogP contribution is 2.28. The van der Waals surface area contributed by atoms with Gasteiger partial charge >= 0.3 is 0 Å². The Morgan fingerprint density at radius 2 is 2.00 bits per heavy atom. The standard InChI is InChI=1S/C24H34N4O2/c1-17-12-18(2)21(20(13-17)23(26)30)14-28-11-10-24(15-25,16-28)27-22(29)9-8-19-6-4-3-5-7-19/h12-13,19H,3-11,14,16H2,1-2H3,(H2,26,30)(H,27,29). The molecule has 6 heteroatoms. The summed E-state index contributed by atoms with van der Waals surface area (Å²) in [5.74, 6) is 0.200. The highest BCUT2D eigenvalue weighted by Gasteiger charge is 2.40. The first-order valence-electron chi connectivity index (χ1n) is 11.2. The minimum atomic E-state index is -0.852. The third kappa shape index (κ3) is 5.40. The van der Waals surface area contributed by atoms with Crippen molar-refractivity contribution >= 4 is 11.8 Å². The number of likely N-dealkylation sites (tertiary alicyclic amines) is 1. The van der Waals surface area contributed by atoms with Crippen LogP contribution in [-0.2, 0) is 11.3 Å². The van der Waals surface area contributed by atoms with Gasteiger partial charge in [-0.2, -0.15) is 5.26 Å². The Labute approximate surface area is 179 Å². The van der Waals surface area contributed by atoms with Crippen LogP contribution in [0.5, 0.6) is 0 Å². The number of carbonyl (C=O) groups excluding carboxylic acids is 2. The summed E-state index contributed by atoms with van der Waals surface area (Å²) < 4.78 is 0. The van der Waals surface area contributed by atoms with Crippen LogP contribution in [0.1, 0.15) is 78.4 Å². The molecule has 1 atom stereocenters. The molecule has 162 valence electrons. The van der Waals surface area contributed by atoms with Crippen LogP contribution in [-0.4, -0.2) is 35.3 Å². The molecule has 0 spiro atoms. The van der Waals surface area contributed by atoms with Crippen LogP contribution in [0.2, 0.25) is 0 Å². The van der Waals surface area contributed by atoms with Crippen molar-refractivity contribution in [2.24, 2.45) is 11.7 Å². The second kappa shape index (κ2) is 9.61. The second-order valence-electron chi connectivity index (χ2n) is 9.22. The zero-order valence-electron chi connectivity index (χ0n) is 18.3. The predicted octanol–water partition coefficient (Wildman–Crippen LogP) is 3.35. The van der Waals surface area contributed by atoms with E-state index < -0.39 is 11.4 Å². The van der Waals surface area contributed by atoms with E-state index in [2.05, 4.69) is 16.3 Å². The van der Waals surface area contributed by atoms with Crippen LogP contribution in [0.4, 0.5) is 0 Å². The molecule has 2 amide bonds. The fourth-order valence-electron chi connectivity index (χ4n) is 5.04. The number of hydrogen-bond donors (Lipinski definition) is 2. The molecule has 1 unspecified atom stereocenters. The predicted molar refractivity (Wildman–Crippen MR) is 117 cm³/mol. The molecule has 1 saturated carbocycles. The van der Waals surface area contributed by atoms with E-state index >= 15 is 0 Å². The first kappa shape index (κ1) is 22.3. The zero-order valence-corrected chi connectivity index (χ0v) is 18.3. The van der Waals surface area contributed by atoms with Crippen molar-refractivity contribution in [1.82, 2.24) is 10.2 Å². The van der Waals surface area contributed by atoms with Gasteiger partial charge in [0.15, 0.2) is 0 Å². The lowest BCUT2D eigenvalue weighted by molar-refractivity contribution is -0.122. The number of primary amides is 1. The Balaban J connectivity index is 1.60. The number of amides is 2. The highest BCUT2D eigenvalue weighted by molar-refractivity contribution is 5.95. The molecule has 2 aliphatic rings. The molecule has 1 aliphatic heterocycles. The van der Waals surface area contributed by atoms with Crippen molar-refractivity contribution in [3.8, 4) is 6.07 Å². The van der Waals surface area contributed by atoms with Gasteiger partial charge < -0.3 is 11.1 Å². The molecule has 1 heterocycles. The number of nitrogens with one attached hydrogen (secondary N) is 1. The molecule has 1 aromatic rings. The molecular formula is C24H34N4O2. The molecule has 1 aromatic carbocycles. The number of nitrogens with zero attached hydrogens (tertiary/aromatic N) is 2. The first-order valence-corrected chi connectivity index (χ1v) is 11.2. The molecule has 0 radical (unpaired) electrons. The van der Waals surface area contributed by atoms with E-state index in [0.29, 0.717) is 44.0 Å². The average molecular weight is 411 g/mol. The maximum absolute atomic E-state index is 12.6. The number of hydrogen-bond acceptors (Lipinski definition) is 4. The lowest BCUT2D eigenvalue weighted by Crippen LogP contribution is -2.49. The summed E-state index contributed by atoms with van der Waals surface area (Å²) in [4.78, 5) is 26.6. The molecule has 2 fully saturated rings. The Hall–Kier alpha value is -2.39. The van der Waals surface area contributed by atoms with E-state index in [1.54, 1.807) is 0 Å². The molecule has 0 aromatic heterocycles. The van der Waals surface area contributed by atoms with Gasteiger partial charge in [-0.1, -0.05) is 43.7 Å². The fourth-order valence-corrected chi connectivity index (χ4v) is 5.04. The normalized spacial score (nSPS) is 22.6. The van der Waals surface area contributed by atoms with Crippen LogP contribution < -0.4 is 11.1 Å². The van der Waals surface area contributed by atoms with E-state index in [1.807, 2.05) is 26.0 Å². The van der Waals surface area contributed by atoms with Crippen molar-refractivity contribution < 1.29 is 9.59 Å². The maximum atomic E-state index is 12.6. The zero-order chi connectivity index (χ0) is 21.7.